The van der Waals surface area contributed by atoms with Crippen molar-refractivity contribution >= 4 is 0 Å². The van der Waals surface area contributed by atoms with Gasteiger partial charge in [0.2, 0.25) is 0 Å². The minimum Gasteiger partial charge on any atom is -0.310 e. The molecule has 1 aliphatic heterocycles. The molecule has 0 saturated carbocycles. The van der Waals surface area contributed by atoms with Crippen molar-refractivity contribution in [1.29, 1.82) is 0 Å². The summed E-state index contributed by atoms with van der Waals surface area (Å²) >= 11 is 0. The number of aromatic nitrogens is 2. The monoisotopic (exact) mass is 312 g/mol. The van der Waals surface area contributed by atoms with Crippen molar-refractivity contribution in [3.05, 3.63) is 54.4 Å². The molecule has 0 bridgehead atoms. The SMILES string of the molecule is CC(Cn1cccn1)NC1CCN(CCc2ccccc2)CC1. The smallest absolute Gasteiger partial charge is 0.0560 e. The van der Waals surface area contributed by atoms with Gasteiger partial charge in [-0.1, -0.05) is 30.3 Å². The highest BCUT2D eigenvalue weighted by molar-refractivity contribution is 5.14. The van der Waals surface area contributed by atoms with E-state index in [0.717, 1.165) is 13.0 Å². The van der Waals surface area contributed by atoms with Crippen LogP contribution in [0.5, 0.6) is 0 Å². The van der Waals surface area contributed by atoms with Gasteiger partial charge in [0.1, 0.15) is 0 Å². The Hall–Kier alpha value is -1.65. The fourth-order valence-electron chi connectivity index (χ4n) is 3.40. The summed E-state index contributed by atoms with van der Waals surface area (Å²) in [6.07, 6.45) is 7.54. The average Bonchev–Trinajstić information content (AvgIpc) is 3.08. The molecule has 0 aliphatic carbocycles. The summed E-state index contributed by atoms with van der Waals surface area (Å²) in [5, 5.41) is 8.05. The Labute approximate surface area is 139 Å². The summed E-state index contributed by atoms with van der Waals surface area (Å²) in [6.45, 7) is 6.79. The second kappa shape index (κ2) is 8.27. The van der Waals surface area contributed by atoms with Crippen molar-refractivity contribution in [1.82, 2.24) is 20.0 Å². The molecule has 4 heteroatoms. The Morgan fingerprint density at radius 3 is 2.65 bits per heavy atom. The topological polar surface area (TPSA) is 33.1 Å². The van der Waals surface area contributed by atoms with E-state index in [2.05, 4.69) is 52.6 Å². The van der Waals surface area contributed by atoms with Crippen LogP contribution in [-0.2, 0) is 13.0 Å². The van der Waals surface area contributed by atoms with E-state index in [1.54, 1.807) is 0 Å². The van der Waals surface area contributed by atoms with Crippen LogP contribution < -0.4 is 5.32 Å². The Bertz CT molecular complexity index is 544. The molecule has 1 fully saturated rings. The zero-order valence-electron chi connectivity index (χ0n) is 14.1. The van der Waals surface area contributed by atoms with Gasteiger partial charge in [0.15, 0.2) is 0 Å². The summed E-state index contributed by atoms with van der Waals surface area (Å²) in [4.78, 5) is 2.60. The lowest BCUT2D eigenvalue weighted by atomic mass is 10.0. The van der Waals surface area contributed by atoms with Crippen LogP contribution in [-0.4, -0.2) is 46.4 Å². The van der Waals surface area contributed by atoms with Crippen molar-refractivity contribution in [3.63, 3.8) is 0 Å². The summed E-state index contributed by atoms with van der Waals surface area (Å²) in [7, 11) is 0. The van der Waals surface area contributed by atoms with Gasteiger partial charge >= 0.3 is 0 Å². The van der Waals surface area contributed by atoms with Gasteiger partial charge < -0.3 is 10.2 Å². The van der Waals surface area contributed by atoms with Crippen LogP contribution in [0.2, 0.25) is 0 Å². The number of rotatable bonds is 7. The van der Waals surface area contributed by atoms with Gasteiger partial charge in [-0.25, -0.2) is 0 Å². The molecule has 0 radical (unpaired) electrons. The van der Waals surface area contributed by atoms with E-state index in [9.17, 15) is 0 Å². The molecule has 1 aromatic carbocycles. The minimum atomic E-state index is 0.468. The van der Waals surface area contributed by atoms with Crippen molar-refractivity contribution in [2.75, 3.05) is 19.6 Å². The molecule has 0 spiro atoms. The molecule has 1 aromatic heterocycles. The molecular formula is C19H28N4. The van der Waals surface area contributed by atoms with E-state index in [-0.39, 0.29) is 0 Å². The largest absolute Gasteiger partial charge is 0.310 e. The first-order chi connectivity index (χ1) is 11.3. The summed E-state index contributed by atoms with van der Waals surface area (Å²) < 4.78 is 2.01. The number of benzene rings is 1. The van der Waals surface area contributed by atoms with Crippen LogP contribution in [0.4, 0.5) is 0 Å². The van der Waals surface area contributed by atoms with E-state index in [0.29, 0.717) is 12.1 Å². The molecule has 1 unspecified atom stereocenters. The fourth-order valence-corrected chi connectivity index (χ4v) is 3.40. The number of nitrogens with zero attached hydrogens (tertiary/aromatic N) is 3. The third-order valence-corrected chi connectivity index (χ3v) is 4.69. The number of piperidine rings is 1. The molecular weight excluding hydrogens is 284 g/mol. The van der Waals surface area contributed by atoms with Gasteiger partial charge in [0.05, 0.1) is 6.54 Å². The number of nitrogens with one attached hydrogen (secondary N) is 1. The van der Waals surface area contributed by atoms with Crippen molar-refractivity contribution in [3.8, 4) is 0 Å². The lowest BCUT2D eigenvalue weighted by Crippen LogP contribution is -2.46. The summed E-state index contributed by atoms with van der Waals surface area (Å²) in [5.74, 6) is 0. The number of hydrogen-bond donors (Lipinski definition) is 1. The Kier molecular flexibility index (Phi) is 5.83. The molecule has 1 aliphatic rings. The summed E-state index contributed by atoms with van der Waals surface area (Å²) in [6, 6.07) is 13.9. The molecule has 124 valence electrons. The maximum Gasteiger partial charge on any atom is 0.0560 e. The first-order valence-corrected chi connectivity index (χ1v) is 8.79. The lowest BCUT2D eigenvalue weighted by Gasteiger charge is -2.34. The van der Waals surface area contributed by atoms with Crippen molar-refractivity contribution in [2.45, 2.75) is 44.8 Å². The highest BCUT2D eigenvalue weighted by atomic mass is 15.3. The van der Waals surface area contributed by atoms with Crippen molar-refractivity contribution < 1.29 is 0 Å². The predicted molar refractivity (Wildman–Crippen MR) is 94.4 cm³/mol. The Morgan fingerprint density at radius 2 is 1.96 bits per heavy atom. The molecule has 4 nitrogen and oxygen atoms in total. The highest BCUT2D eigenvalue weighted by Crippen LogP contribution is 2.12. The van der Waals surface area contributed by atoms with E-state index in [1.807, 2.05) is 23.1 Å². The third-order valence-electron chi connectivity index (χ3n) is 4.69. The minimum absolute atomic E-state index is 0.468. The Morgan fingerprint density at radius 1 is 1.17 bits per heavy atom. The van der Waals surface area contributed by atoms with Gasteiger partial charge in [-0.05, 0) is 50.9 Å². The number of hydrogen-bond acceptors (Lipinski definition) is 3. The maximum atomic E-state index is 4.28. The zero-order chi connectivity index (χ0) is 15.9. The number of likely N-dealkylation sites (tertiary alicyclic amines) is 1. The van der Waals surface area contributed by atoms with Crippen LogP contribution in [0, 0.1) is 0 Å². The second-order valence-corrected chi connectivity index (χ2v) is 6.65. The van der Waals surface area contributed by atoms with Gasteiger partial charge in [0, 0.05) is 31.0 Å². The van der Waals surface area contributed by atoms with Crippen LogP contribution in [0.1, 0.15) is 25.3 Å². The molecule has 1 N–H and O–H groups in total. The molecule has 2 aromatic rings. The molecule has 1 saturated heterocycles. The molecule has 2 heterocycles. The van der Waals surface area contributed by atoms with Crippen LogP contribution in [0.3, 0.4) is 0 Å². The van der Waals surface area contributed by atoms with Crippen molar-refractivity contribution in [2.24, 2.45) is 0 Å². The first-order valence-electron chi connectivity index (χ1n) is 8.79. The third kappa shape index (κ3) is 5.19. The fraction of sp³-hybridized carbons (Fsp3) is 0.526. The average molecular weight is 312 g/mol. The zero-order valence-corrected chi connectivity index (χ0v) is 14.1. The summed E-state index contributed by atoms with van der Waals surface area (Å²) in [5.41, 5.74) is 1.44. The second-order valence-electron chi connectivity index (χ2n) is 6.65. The van der Waals surface area contributed by atoms with Gasteiger partial charge in [0.25, 0.3) is 0 Å². The highest BCUT2D eigenvalue weighted by Gasteiger charge is 2.20. The van der Waals surface area contributed by atoms with Crippen LogP contribution >= 0.6 is 0 Å². The van der Waals surface area contributed by atoms with Gasteiger partial charge in [-0.2, -0.15) is 5.10 Å². The predicted octanol–water partition coefficient (Wildman–Crippen LogP) is 2.57. The van der Waals surface area contributed by atoms with Crippen LogP contribution in [0.25, 0.3) is 0 Å². The Balaban J connectivity index is 1.35. The van der Waals surface area contributed by atoms with E-state index < -0.39 is 0 Å². The first kappa shape index (κ1) is 16.2. The van der Waals surface area contributed by atoms with Gasteiger partial charge in [-0.3, -0.25) is 4.68 Å². The quantitative estimate of drug-likeness (QED) is 0.853. The molecule has 3 rings (SSSR count). The molecule has 0 amide bonds. The normalized spacial score (nSPS) is 18.1. The lowest BCUT2D eigenvalue weighted by molar-refractivity contribution is 0.191. The maximum absolute atomic E-state index is 4.28. The standard InChI is InChI=1S/C19H28N4/c1-17(16-23-12-5-11-20-23)21-19-9-14-22(15-10-19)13-8-18-6-3-2-4-7-18/h2-7,11-12,17,19,21H,8-10,13-16H2,1H3. The molecule has 1 atom stereocenters. The van der Waals surface area contributed by atoms with E-state index in [1.165, 1.54) is 38.0 Å². The van der Waals surface area contributed by atoms with E-state index in [4.69, 9.17) is 0 Å². The van der Waals surface area contributed by atoms with Crippen LogP contribution in [0.15, 0.2) is 48.8 Å². The van der Waals surface area contributed by atoms with Gasteiger partial charge in [-0.15, -0.1) is 0 Å². The van der Waals surface area contributed by atoms with E-state index >= 15 is 0 Å². The molecule has 23 heavy (non-hydrogen) atoms.